The van der Waals surface area contributed by atoms with E-state index in [4.69, 9.17) is 10.8 Å². The summed E-state index contributed by atoms with van der Waals surface area (Å²) in [6.45, 7) is 0.0103. The van der Waals surface area contributed by atoms with Crippen molar-refractivity contribution in [1.29, 1.82) is 5.26 Å². The summed E-state index contributed by atoms with van der Waals surface area (Å²) in [6, 6.07) is 4.98. The highest BCUT2D eigenvalue weighted by molar-refractivity contribution is 5.94. The first-order chi connectivity index (χ1) is 15.7. The topological polar surface area (TPSA) is 142 Å². The fourth-order valence-electron chi connectivity index (χ4n) is 4.71. The highest BCUT2D eigenvalue weighted by atomic mass is 19.3. The first-order valence-corrected chi connectivity index (χ1v) is 10.5. The molecule has 0 radical (unpaired) electrons. The predicted octanol–water partition coefficient (Wildman–Crippen LogP) is 1.99. The molecule has 3 amide bonds. The number of carbonyl (C=O) groups is 3. The van der Waals surface area contributed by atoms with Crippen molar-refractivity contribution < 1.29 is 23.2 Å². The molecule has 3 atom stereocenters. The van der Waals surface area contributed by atoms with Crippen molar-refractivity contribution in [3.05, 3.63) is 45.3 Å². The summed E-state index contributed by atoms with van der Waals surface area (Å²) in [5, 5.41) is 15.2. The lowest BCUT2D eigenvalue weighted by atomic mass is 9.99. The van der Waals surface area contributed by atoms with Gasteiger partial charge < -0.3 is 15.1 Å². The zero-order chi connectivity index (χ0) is 23.8. The summed E-state index contributed by atoms with van der Waals surface area (Å²) in [6.07, 6.45) is -0.839. The average Bonchev–Trinajstić information content (AvgIpc) is 3.46. The van der Waals surface area contributed by atoms with Gasteiger partial charge in [0.1, 0.15) is 12.1 Å². The van der Waals surface area contributed by atoms with Crippen molar-refractivity contribution in [3.63, 3.8) is 0 Å². The Morgan fingerprint density at radius 1 is 1.36 bits per heavy atom. The molecule has 0 aliphatic carbocycles. The van der Waals surface area contributed by atoms with Crippen molar-refractivity contribution in [2.45, 2.75) is 56.9 Å². The lowest BCUT2D eigenvalue weighted by molar-refractivity contribution is -0.135. The second kappa shape index (κ2) is 8.67. The molecule has 4 rings (SSSR count). The number of azide groups is 1. The molecule has 2 saturated heterocycles. The van der Waals surface area contributed by atoms with Crippen LogP contribution in [0.4, 0.5) is 8.78 Å². The van der Waals surface area contributed by atoms with Gasteiger partial charge >= 0.3 is 0 Å². The molecule has 10 nitrogen and oxygen atoms in total. The van der Waals surface area contributed by atoms with Gasteiger partial charge in [0, 0.05) is 36.8 Å². The number of hydrogen-bond acceptors (Lipinski definition) is 5. The number of likely N-dealkylation sites (tertiary alicyclic amines) is 1. The molecule has 1 N–H and O–H groups in total. The number of amides is 3. The summed E-state index contributed by atoms with van der Waals surface area (Å²) in [5.41, 5.74) is 11.2. The van der Waals surface area contributed by atoms with Gasteiger partial charge in [-0.2, -0.15) is 5.26 Å². The van der Waals surface area contributed by atoms with E-state index in [1.165, 1.54) is 0 Å². The molecule has 2 fully saturated rings. The van der Waals surface area contributed by atoms with E-state index in [1.54, 1.807) is 11.0 Å². The molecule has 0 saturated carbocycles. The fourth-order valence-corrected chi connectivity index (χ4v) is 4.71. The van der Waals surface area contributed by atoms with Crippen LogP contribution in [0.2, 0.25) is 0 Å². The average molecular weight is 457 g/mol. The molecule has 1 unspecified atom stereocenters. The van der Waals surface area contributed by atoms with E-state index < -0.39 is 48.7 Å². The fraction of sp³-hybridized carbons (Fsp3) is 0.524. The molecular formula is C21H21F2N7O3. The van der Waals surface area contributed by atoms with Crippen LogP contribution in [0.5, 0.6) is 0 Å². The summed E-state index contributed by atoms with van der Waals surface area (Å²) >= 11 is 0. The number of carbonyl (C=O) groups excluding carboxylic acids is 3. The number of halogens is 2. The van der Waals surface area contributed by atoms with Crippen molar-refractivity contribution in [2.24, 2.45) is 11.0 Å². The number of benzene rings is 1. The van der Waals surface area contributed by atoms with E-state index in [-0.39, 0.29) is 25.3 Å². The molecule has 0 bridgehead atoms. The first kappa shape index (κ1) is 22.5. The second-order valence-corrected chi connectivity index (χ2v) is 8.56. The molecule has 12 heteroatoms. The van der Waals surface area contributed by atoms with E-state index >= 15 is 0 Å². The SMILES string of the molecule is N#CC1CC(F)(F)CN1C(=O)[C@@H]1C[C@@H](CC(=O)N2Cc3cccc(CN=[N+]=[N-])c3C2)C(=O)N1. The zero-order valence-corrected chi connectivity index (χ0v) is 17.6. The van der Waals surface area contributed by atoms with Crippen LogP contribution in [0.25, 0.3) is 10.4 Å². The van der Waals surface area contributed by atoms with Crippen LogP contribution in [-0.4, -0.2) is 52.1 Å². The Labute approximate surface area is 187 Å². The van der Waals surface area contributed by atoms with Gasteiger partial charge in [0.05, 0.1) is 19.2 Å². The van der Waals surface area contributed by atoms with Gasteiger partial charge in [-0.15, -0.1) is 0 Å². The number of hydrogen-bond donors (Lipinski definition) is 1. The number of fused-ring (bicyclic) bond motifs is 1. The van der Waals surface area contributed by atoms with Crippen molar-refractivity contribution >= 4 is 17.7 Å². The quantitative estimate of drug-likeness (QED) is 0.410. The third-order valence-corrected chi connectivity index (χ3v) is 6.37. The Balaban J connectivity index is 1.38. The van der Waals surface area contributed by atoms with Gasteiger partial charge in [0.2, 0.25) is 17.7 Å². The normalized spacial score (nSPS) is 25.2. The van der Waals surface area contributed by atoms with Crippen molar-refractivity contribution in [1.82, 2.24) is 15.1 Å². The molecule has 33 heavy (non-hydrogen) atoms. The van der Waals surface area contributed by atoms with Gasteiger partial charge in [0.25, 0.3) is 5.92 Å². The summed E-state index contributed by atoms with van der Waals surface area (Å²) < 4.78 is 27.4. The Kier molecular flexibility index (Phi) is 5.91. The number of nitriles is 1. The molecule has 3 heterocycles. The molecular weight excluding hydrogens is 436 g/mol. The second-order valence-electron chi connectivity index (χ2n) is 8.56. The van der Waals surface area contributed by atoms with Crippen LogP contribution >= 0.6 is 0 Å². The van der Waals surface area contributed by atoms with Gasteiger partial charge in [-0.05, 0) is 28.6 Å². The molecule has 0 spiro atoms. The van der Waals surface area contributed by atoms with E-state index in [9.17, 15) is 23.2 Å². The zero-order valence-electron chi connectivity index (χ0n) is 17.6. The molecule has 0 aromatic heterocycles. The Bertz CT molecular complexity index is 1100. The maximum Gasteiger partial charge on any atom is 0.268 e. The minimum atomic E-state index is -3.14. The van der Waals surface area contributed by atoms with Crippen molar-refractivity contribution in [3.8, 4) is 6.07 Å². The summed E-state index contributed by atoms with van der Waals surface area (Å²) in [4.78, 5) is 43.2. The predicted molar refractivity (Wildman–Crippen MR) is 109 cm³/mol. The molecule has 3 aliphatic rings. The van der Waals surface area contributed by atoms with Crippen LogP contribution in [-0.2, 0) is 34.0 Å². The van der Waals surface area contributed by atoms with E-state index in [0.717, 1.165) is 21.6 Å². The molecule has 1 aromatic rings. The third kappa shape index (κ3) is 4.45. The first-order valence-electron chi connectivity index (χ1n) is 10.5. The van der Waals surface area contributed by atoms with E-state index in [1.807, 2.05) is 18.2 Å². The number of rotatable bonds is 5. The van der Waals surface area contributed by atoms with Crippen LogP contribution in [0.15, 0.2) is 23.3 Å². The lowest BCUT2D eigenvalue weighted by Gasteiger charge is -2.22. The maximum atomic E-state index is 13.7. The molecule has 3 aliphatic heterocycles. The van der Waals surface area contributed by atoms with Crippen LogP contribution < -0.4 is 5.32 Å². The van der Waals surface area contributed by atoms with Gasteiger partial charge in [-0.3, -0.25) is 14.4 Å². The Morgan fingerprint density at radius 3 is 2.88 bits per heavy atom. The summed E-state index contributed by atoms with van der Waals surface area (Å²) in [7, 11) is 0. The largest absolute Gasteiger partial charge is 0.344 e. The number of nitrogens with zero attached hydrogens (tertiary/aromatic N) is 6. The monoisotopic (exact) mass is 457 g/mol. The summed E-state index contributed by atoms with van der Waals surface area (Å²) in [5.74, 6) is -5.38. The number of nitrogens with one attached hydrogen (secondary N) is 1. The molecule has 1 aromatic carbocycles. The smallest absolute Gasteiger partial charge is 0.268 e. The minimum Gasteiger partial charge on any atom is -0.344 e. The van der Waals surface area contributed by atoms with E-state index in [0.29, 0.717) is 13.1 Å². The minimum absolute atomic E-state index is 0.00650. The lowest BCUT2D eigenvalue weighted by Crippen LogP contribution is -2.46. The van der Waals surface area contributed by atoms with Gasteiger partial charge in [0.15, 0.2) is 0 Å². The standard InChI is InChI=1S/C21H21F2N7O3/c22-21(23)6-15(7-24)30(11-21)20(33)17-4-14(19(32)27-17)5-18(31)29-9-13-3-1-2-12(8-26-28-25)16(13)10-29/h1-3,14-15,17H,4-6,8-11H2,(H,27,32)/t14-,15?,17-/m0/s1. The van der Waals surface area contributed by atoms with Crippen LogP contribution in [0.3, 0.4) is 0 Å². The van der Waals surface area contributed by atoms with Crippen molar-refractivity contribution in [2.75, 3.05) is 6.54 Å². The van der Waals surface area contributed by atoms with Gasteiger partial charge in [-0.25, -0.2) is 8.78 Å². The van der Waals surface area contributed by atoms with Crippen LogP contribution in [0, 0.1) is 17.2 Å². The highest BCUT2D eigenvalue weighted by Crippen LogP contribution is 2.34. The Hall–Kier alpha value is -3.71. The Morgan fingerprint density at radius 2 is 2.15 bits per heavy atom. The number of alkyl halides is 2. The maximum absolute atomic E-state index is 13.7. The highest BCUT2D eigenvalue weighted by Gasteiger charge is 2.50. The van der Waals surface area contributed by atoms with Gasteiger partial charge in [-0.1, -0.05) is 23.3 Å². The van der Waals surface area contributed by atoms with Crippen LogP contribution in [0.1, 0.15) is 36.0 Å². The molecule has 172 valence electrons. The van der Waals surface area contributed by atoms with E-state index in [2.05, 4.69) is 15.3 Å². The third-order valence-electron chi connectivity index (χ3n) is 6.37.